The standard InChI is InChI=1S/C20H20N2O5/c1-25-18-9-13(10-19(26-2)20(18)27-3)8-15(22(23)24)11-14-12-21-17-7-5-4-6-16(14)17/h4-10,12,21H,11H2,1-3H3/b15-8-. The molecule has 0 amide bonds. The van der Waals surface area contributed by atoms with E-state index in [4.69, 9.17) is 14.2 Å². The molecule has 3 aromatic rings. The summed E-state index contributed by atoms with van der Waals surface area (Å²) >= 11 is 0. The fourth-order valence-corrected chi connectivity index (χ4v) is 3.02. The van der Waals surface area contributed by atoms with Gasteiger partial charge in [0.1, 0.15) is 0 Å². The molecule has 7 heteroatoms. The molecule has 2 aromatic carbocycles. The minimum Gasteiger partial charge on any atom is -0.493 e. The summed E-state index contributed by atoms with van der Waals surface area (Å²) in [5.74, 6) is 1.33. The maximum atomic E-state index is 11.6. The second-order valence-electron chi connectivity index (χ2n) is 5.89. The number of nitrogens with one attached hydrogen (secondary N) is 1. The number of benzene rings is 2. The molecule has 3 rings (SSSR count). The van der Waals surface area contributed by atoms with Crippen molar-refractivity contribution in [2.24, 2.45) is 0 Å². The van der Waals surface area contributed by atoms with Gasteiger partial charge < -0.3 is 19.2 Å². The summed E-state index contributed by atoms with van der Waals surface area (Å²) in [4.78, 5) is 14.4. The monoisotopic (exact) mass is 368 g/mol. The highest BCUT2D eigenvalue weighted by molar-refractivity contribution is 5.83. The second kappa shape index (κ2) is 7.82. The lowest BCUT2D eigenvalue weighted by molar-refractivity contribution is -0.425. The third kappa shape index (κ3) is 3.72. The van der Waals surface area contributed by atoms with Gasteiger partial charge in [-0.3, -0.25) is 10.1 Å². The van der Waals surface area contributed by atoms with Crippen molar-refractivity contribution in [3.05, 3.63) is 69.5 Å². The highest BCUT2D eigenvalue weighted by Gasteiger charge is 2.18. The predicted octanol–water partition coefficient (Wildman–Crippen LogP) is 4.05. The Morgan fingerprint density at radius 2 is 1.78 bits per heavy atom. The van der Waals surface area contributed by atoms with Gasteiger partial charge in [0.25, 0.3) is 5.70 Å². The van der Waals surface area contributed by atoms with E-state index in [0.717, 1.165) is 16.5 Å². The maximum Gasteiger partial charge on any atom is 0.251 e. The quantitative estimate of drug-likeness (QED) is 0.502. The minimum atomic E-state index is -0.370. The first-order valence-electron chi connectivity index (χ1n) is 8.27. The zero-order chi connectivity index (χ0) is 19.4. The van der Waals surface area contributed by atoms with Gasteiger partial charge >= 0.3 is 0 Å². The largest absolute Gasteiger partial charge is 0.493 e. The summed E-state index contributed by atoms with van der Waals surface area (Å²) in [6, 6.07) is 11.1. The molecule has 0 saturated heterocycles. The molecular weight excluding hydrogens is 348 g/mol. The Kier molecular flexibility index (Phi) is 5.30. The van der Waals surface area contributed by atoms with Gasteiger partial charge in [-0.05, 0) is 29.3 Å². The maximum absolute atomic E-state index is 11.6. The molecule has 0 radical (unpaired) electrons. The zero-order valence-corrected chi connectivity index (χ0v) is 15.3. The molecule has 1 N–H and O–H groups in total. The van der Waals surface area contributed by atoms with Gasteiger partial charge in [0, 0.05) is 23.2 Å². The molecule has 0 saturated carbocycles. The average molecular weight is 368 g/mol. The fraction of sp³-hybridized carbons (Fsp3) is 0.200. The first-order valence-corrected chi connectivity index (χ1v) is 8.27. The summed E-state index contributed by atoms with van der Waals surface area (Å²) in [5.41, 5.74) is 2.47. The Labute approximate surface area is 156 Å². The van der Waals surface area contributed by atoms with E-state index in [1.807, 2.05) is 24.3 Å². The Hall–Kier alpha value is -3.48. The van der Waals surface area contributed by atoms with Crippen LogP contribution in [0.15, 0.2) is 48.3 Å². The van der Waals surface area contributed by atoms with E-state index in [1.54, 1.807) is 18.3 Å². The van der Waals surface area contributed by atoms with Crippen molar-refractivity contribution in [2.75, 3.05) is 21.3 Å². The average Bonchev–Trinajstić information content (AvgIpc) is 3.09. The molecule has 1 heterocycles. The number of aromatic nitrogens is 1. The van der Waals surface area contributed by atoms with E-state index in [0.29, 0.717) is 22.8 Å². The summed E-state index contributed by atoms with van der Waals surface area (Å²) in [5, 5.41) is 12.6. The number of methoxy groups -OCH3 is 3. The van der Waals surface area contributed by atoms with Gasteiger partial charge in [0.05, 0.1) is 32.7 Å². The molecule has 0 aliphatic heterocycles. The van der Waals surface area contributed by atoms with Crippen molar-refractivity contribution in [1.82, 2.24) is 4.98 Å². The number of nitrogens with zero attached hydrogens (tertiary/aromatic N) is 1. The van der Waals surface area contributed by atoms with Crippen molar-refractivity contribution in [1.29, 1.82) is 0 Å². The lowest BCUT2D eigenvalue weighted by Gasteiger charge is -2.12. The number of para-hydroxylation sites is 1. The highest BCUT2D eigenvalue weighted by atomic mass is 16.6. The van der Waals surface area contributed by atoms with Gasteiger partial charge in [-0.2, -0.15) is 0 Å². The fourth-order valence-electron chi connectivity index (χ4n) is 3.02. The number of rotatable bonds is 7. The molecule has 27 heavy (non-hydrogen) atoms. The number of nitro groups is 1. The van der Waals surface area contributed by atoms with Crippen molar-refractivity contribution in [3.63, 3.8) is 0 Å². The molecule has 0 aliphatic rings. The molecule has 0 spiro atoms. The summed E-state index contributed by atoms with van der Waals surface area (Å²) in [6.07, 6.45) is 3.51. The first kappa shape index (κ1) is 18.3. The van der Waals surface area contributed by atoms with E-state index in [1.165, 1.54) is 27.4 Å². The van der Waals surface area contributed by atoms with Crippen LogP contribution in [0.2, 0.25) is 0 Å². The minimum absolute atomic E-state index is 0.0639. The van der Waals surface area contributed by atoms with Crippen molar-refractivity contribution >= 4 is 17.0 Å². The number of fused-ring (bicyclic) bond motifs is 1. The van der Waals surface area contributed by atoms with E-state index in [-0.39, 0.29) is 17.0 Å². The van der Waals surface area contributed by atoms with Crippen LogP contribution in [0.1, 0.15) is 11.1 Å². The van der Waals surface area contributed by atoms with Crippen LogP contribution in [0.5, 0.6) is 17.2 Å². The number of ether oxygens (including phenoxy) is 3. The van der Waals surface area contributed by atoms with Crippen LogP contribution in [-0.4, -0.2) is 31.2 Å². The lowest BCUT2D eigenvalue weighted by atomic mass is 10.1. The highest BCUT2D eigenvalue weighted by Crippen LogP contribution is 2.38. The molecular formula is C20H20N2O5. The number of hydrogen-bond acceptors (Lipinski definition) is 5. The summed E-state index contributed by atoms with van der Waals surface area (Å²) in [7, 11) is 4.52. The Bertz CT molecular complexity index is 982. The van der Waals surface area contributed by atoms with E-state index < -0.39 is 0 Å². The summed E-state index contributed by atoms with van der Waals surface area (Å²) in [6.45, 7) is 0. The number of allylic oxidation sites excluding steroid dienone is 1. The van der Waals surface area contributed by atoms with Crippen LogP contribution in [-0.2, 0) is 6.42 Å². The van der Waals surface area contributed by atoms with Crippen LogP contribution in [0.25, 0.3) is 17.0 Å². The van der Waals surface area contributed by atoms with Crippen LogP contribution in [0, 0.1) is 10.1 Å². The zero-order valence-electron chi connectivity index (χ0n) is 15.3. The molecule has 1 aromatic heterocycles. The molecule has 0 atom stereocenters. The predicted molar refractivity (Wildman–Crippen MR) is 103 cm³/mol. The molecule has 0 fully saturated rings. The molecule has 7 nitrogen and oxygen atoms in total. The number of aromatic amines is 1. The van der Waals surface area contributed by atoms with E-state index >= 15 is 0 Å². The van der Waals surface area contributed by atoms with Crippen LogP contribution in [0.4, 0.5) is 0 Å². The Balaban J connectivity index is 2.02. The van der Waals surface area contributed by atoms with Crippen LogP contribution in [0.3, 0.4) is 0 Å². The summed E-state index contributed by atoms with van der Waals surface area (Å²) < 4.78 is 15.9. The van der Waals surface area contributed by atoms with E-state index in [9.17, 15) is 10.1 Å². The molecule has 140 valence electrons. The van der Waals surface area contributed by atoms with Crippen LogP contribution < -0.4 is 14.2 Å². The number of H-pyrrole nitrogens is 1. The van der Waals surface area contributed by atoms with Crippen molar-refractivity contribution in [2.45, 2.75) is 6.42 Å². The third-order valence-corrected chi connectivity index (χ3v) is 4.30. The first-order chi connectivity index (χ1) is 13.1. The SMILES string of the molecule is COc1cc(/C=C(/Cc2c[nH]c3ccccc23)[N+](=O)[O-])cc(OC)c1OC. The van der Waals surface area contributed by atoms with Gasteiger partial charge in [0.2, 0.25) is 5.75 Å². The molecule has 0 aliphatic carbocycles. The van der Waals surface area contributed by atoms with Gasteiger partial charge in [-0.25, -0.2) is 0 Å². The van der Waals surface area contributed by atoms with Gasteiger partial charge in [-0.1, -0.05) is 18.2 Å². The molecule has 0 unspecified atom stereocenters. The Morgan fingerprint density at radius 1 is 1.11 bits per heavy atom. The molecule has 0 bridgehead atoms. The van der Waals surface area contributed by atoms with Crippen molar-refractivity contribution < 1.29 is 19.1 Å². The van der Waals surface area contributed by atoms with E-state index in [2.05, 4.69) is 4.98 Å². The van der Waals surface area contributed by atoms with Crippen molar-refractivity contribution in [3.8, 4) is 17.2 Å². The van der Waals surface area contributed by atoms with Gasteiger partial charge in [0.15, 0.2) is 11.5 Å². The van der Waals surface area contributed by atoms with Gasteiger partial charge in [-0.15, -0.1) is 0 Å². The number of hydrogen-bond donors (Lipinski definition) is 1. The Morgan fingerprint density at radius 3 is 2.37 bits per heavy atom. The topological polar surface area (TPSA) is 86.6 Å². The second-order valence-corrected chi connectivity index (χ2v) is 5.89. The smallest absolute Gasteiger partial charge is 0.251 e. The van der Waals surface area contributed by atoms with Crippen LogP contribution >= 0.6 is 0 Å². The lowest BCUT2D eigenvalue weighted by Crippen LogP contribution is -2.02. The third-order valence-electron chi connectivity index (χ3n) is 4.30. The normalized spacial score (nSPS) is 11.4.